The van der Waals surface area contributed by atoms with Crippen molar-refractivity contribution in [3.05, 3.63) is 59.2 Å². The molecular weight excluding hydrogens is 238 g/mol. The van der Waals surface area contributed by atoms with Gasteiger partial charge in [0.2, 0.25) is 0 Å². The molecule has 18 heavy (non-hydrogen) atoms. The summed E-state index contributed by atoms with van der Waals surface area (Å²) < 4.78 is 31.9. The molecule has 0 bridgehead atoms. The third-order valence-corrected chi connectivity index (χ3v) is 2.50. The van der Waals surface area contributed by atoms with Crippen LogP contribution in [0.4, 0.5) is 8.78 Å². The van der Waals surface area contributed by atoms with E-state index in [1.54, 1.807) is 19.1 Å². The van der Waals surface area contributed by atoms with Crippen molar-refractivity contribution in [2.75, 3.05) is 0 Å². The minimum atomic E-state index is -0.671. The minimum absolute atomic E-state index is 0.0632. The second kappa shape index (κ2) is 4.96. The van der Waals surface area contributed by atoms with E-state index in [4.69, 9.17) is 4.74 Å². The van der Waals surface area contributed by atoms with Crippen LogP contribution < -0.4 is 4.74 Å². The summed E-state index contributed by atoms with van der Waals surface area (Å²) in [5.74, 6) is -0.813. The van der Waals surface area contributed by atoms with Gasteiger partial charge in [-0.2, -0.15) is 0 Å². The summed E-state index contributed by atoms with van der Waals surface area (Å²) in [6, 6.07) is 8.32. The Labute approximate surface area is 103 Å². The fourth-order valence-corrected chi connectivity index (χ4v) is 1.48. The smallest absolute Gasteiger partial charge is 0.156 e. The molecule has 0 atom stereocenters. The van der Waals surface area contributed by atoms with E-state index in [1.807, 2.05) is 0 Å². The lowest BCUT2D eigenvalue weighted by Gasteiger charge is -2.09. The summed E-state index contributed by atoms with van der Waals surface area (Å²) in [4.78, 5) is 10.8. The number of hydrogen-bond donors (Lipinski definition) is 0. The van der Waals surface area contributed by atoms with Crippen LogP contribution in [0.25, 0.3) is 0 Å². The summed E-state index contributed by atoms with van der Waals surface area (Å²) in [7, 11) is 0. The van der Waals surface area contributed by atoms with Gasteiger partial charge in [0, 0.05) is 6.07 Å². The molecule has 2 aromatic rings. The van der Waals surface area contributed by atoms with E-state index in [0.717, 1.165) is 6.07 Å². The van der Waals surface area contributed by atoms with Crippen molar-refractivity contribution in [1.29, 1.82) is 0 Å². The van der Waals surface area contributed by atoms with Crippen molar-refractivity contribution in [3.63, 3.8) is 0 Å². The zero-order chi connectivity index (χ0) is 13.1. The molecule has 0 fully saturated rings. The lowest BCUT2D eigenvalue weighted by atomic mass is 10.2. The van der Waals surface area contributed by atoms with Gasteiger partial charge in [0.25, 0.3) is 0 Å². The molecule has 0 aliphatic rings. The summed E-state index contributed by atoms with van der Waals surface area (Å²) >= 11 is 0. The number of rotatable bonds is 3. The van der Waals surface area contributed by atoms with Crippen LogP contribution in [-0.2, 0) is 0 Å². The maximum atomic E-state index is 13.3. The Balaban J connectivity index is 2.36. The molecule has 0 spiro atoms. The topological polar surface area (TPSA) is 26.3 Å². The Morgan fingerprint density at radius 1 is 1.11 bits per heavy atom. The molecule has 0 radical (unpaired) electrons. The third-order valence-electron chi connectivity index (χ3n) is 2.50. The average Bonchev–Trinajstić information content (AvgIpc) is 2.34. The van der Waals surface area contributed by atoms with E-state index < -0.39 is 11.6 Å². The van der Waals surface area contributed by atoms with Crippen LogP contribution in [0.5, 0.6) is 11.5 Å². The second-order valence-corrected chi connectivity index (χ2v) is 3.78. The van der Waals surface area contributed by atoms with Gasteiger partial charge in [0.15, 0.2) is 6.29 Å². The number of halogens is 2. The van der Waals surface area contributed by atoms with Gasteiger partial charge in [-0.25, -0.2) is 8.78 Å². The van der Waals surface area contributed by atoms with Crippen LogP contribution >= 0.6 is 0 Å². The monoisotopic (exact) mass is 248 g/mol. The molecular formula is C14H10F2O2. The molecule has 2 nitrogen and oxygen atoms in total. The number of aldehydes is 1. The number of benzene rings is 2. The molecule has 0 unspecified atom stereocenters. The van der Waals surface area contributed by atoms with Gasteiger partial charge in [-0.15, -0.1) is 0 Å². The van der Waals surface area contributed by atoms with Crippen molar-refractivity contribution in [1.82, 2.24) is 0 Å². The maximum absolute atomic E-state index is 13.3. The average molecular weight is 248 g/mol. The highest BCUT2D eigenvalue weighted by molar-refractivity contribution is 5.79. The van der Waals surface area contributed by atoms with Crippen LogP contribution in [0, 0.1) is 18.6 Å². The first-order chi connectivity index (χ1) is 8.61. The van der Waals surface area contributed by atoms with E-state index in [2.05, 4.69) is 0 Å². The van der Waals surface area contributed by atoms with Crippen molar-refractivity contribution >= 4 is 6.29 Å². The normalized spacial score (nSPS) is 10.2. The number of hydrogen-bond acceptors (Lipinski definition) is 2. The van der Waals surface area contributed by atoms with Crippen molar-refractivity contribution in [2.24, 2.45) is 0 Å². The molecule has 92 valence electrons. The molecule has 0 saturated heterocycles. The fraction of sp³-hybridized carbons (Fsp3) is 0.0714. The Bertz CT molecular complexity index is 594. The molecule has 0 aliphatic carbocycles. The molecule has 0 saturated carbocycles. The van der Waals surface area contributed by atoms with Crippen molar-refractivity contribution in [3.8, 4) is 11.5 Å². The zero-order valence-electron chi connectivity index (χ0n) is 9.61. The molecule has 4 heteroatoms. The lowest BCUT2D eigenvalue weighted by molar-refractivity contribution is 0.111. The summed E-state index contributed by atoms with van der Waals surface area (Å²) in [6.45, 7) is 1.62. The fourth-order valence-electron chi connectivity index (χ4n) is 1.48. The second-order valence-electron chi connectivity index (χ2n) is 3.78. The van der Waals surface area contributed by atoms with E-state index in [1.165, 1.54) is 18.2 Å². The highest BCUT2D eigenvalue weighted by Crippen LogP contribution is 2.27. The zero-order valence-corrected chi connectivity index (χ0v) is 9.61. The van der Waals surface area contributed by atoms with Gasteiger partial charge < -0.3 is 4.74 Å². The predicted molar refractivity (Wildman–Crippen MR) is 63.0 cm³/mol. The van der Waals surface area contributed by atoms with Crippen LogP contribution in [0.15, 0.2) is 36.4 Å². The first kappa shape index (κ1) is 12.2. The van der Waals surface area contributed by atoms with Gasteiger partial charge in [0.05, 0.1) is 5.56 Å². The lowest BCUT2D eigenvalue weighted by Crippen LogP contribution is -1.94. The van der Waals surface area contributed by atoms with Crippen molar-refractivity contribution < 1.29 is 18.3 Å². The number of ether oxygens (including phenoxy) is 1. The van der Waals surface area contributed by atoms with E-state index in [9.17, 15) is 13.6 Å². The van der Waals surface area contributed by atoms with E-state index >= 15 is 0 Å². The number of carbonyl (C=O) groups excluding carboxylic acids is 1. The Hall–Kier alpha value is -2.23. The molecule has 0 amide bonds. The Kier molecular flexibility index (Phi) is 3.37. The molecule has 0 aliphatic heterocycles. The Morgan fingerprint density at radius 2 is 1.89 bits per heavy atom. The van der Waals surface area contributed by atoms with Gasteiger partial charge in [-0.3, -0.25) is 4.79 Å². The summed E-state index contributed by atoms with van der Waals surface area (Å²) in [5.41, 5.74) is 0.302. The molecule has 0 aromatic heterocycles. The quantitative estimate of drug-likeness (QED) is 0.770. The first-order valence-corrected chi connectivity index (χ1v) is 5.29. The molecule has 2 rings (SSSR count). The Morgan fingerprint density at radius 3 is 2.56 bits per heavy atom. The maximum Gasteiger partial charge on any atom is 0.156 e. The van der Waals surface area contributed by atoms with E-state index in [0.29, 0.717) is 11.8 Å². The van der Waals surface area contributed by atoms with Gasteiger partial charge in [-0.1, -0.05) is 12.1 Å². The standard InChI is InChI=1S/C14H10F2O2/c1-9-5-6-10(7-13(9)16)18-14-4-2-3-12(15)11(14)8-17/h2-8H,1H3. The van der Waals surface area contributed by atoms with Gasteiger partial charge >= 0.3 is 0 Å². The SMILES string of the molecule is Cc1ccc(Oc2cccc(F)c2C=O)cc1F. The summed E-state index contributed by atoms with van der Waals surface area (Å²) in [5, 5.41) is 0. The molecule has 0 N–H and O–H groups in total. The minimum Gasteiger partial charge on any atom is -0.456 e. The third kappa shape index (κ3) is 2.37. The van der Waals surface area contributed by atoms with Crippen LogP contribution in [0.2, 0.25) is 0 Å². The molecule has 0 heterocycles. The number of carbonyl (C=O) groups is 1. The van der Waals surface area contributed by atoms with Gasteiger partial charge in [-0.05, 0) is 30.7 Å². The largest absolute Gasteiger partial charge is 0.456 e. The van der Waals surface area contributed by atoms with Crippen molar-refractivity contribution in [2.45, 2.75) is 6.92 Å². The predicted octanol–water partition coefficient (Wildman–Crippen LogP) is 3.88. The van der Waals surface area contributed by atoms with Crippen LogP contribution in [0.1, 0.15) is 15.9 Å². The highest BCUT2D eigenvalue weighted by Gasteiger charge is 2.10. The van der Waals surface area contributed by atoms with E-state index in [-0.39, 0.29) is 17.1 Å². The van der Waals surface area contributed by atoms with Crippen LogP contribution in [0.3, 0.4) is 0 Å². The highest BCUT2D eigenvalue weighted by atomic mass is 19.1. The first-order valence-electron chi connectivity index (χ1n) is 5.29. The summed E-state index contributed by atoms with van der Waals surface area (Å²) in [6.07, 6.45) is 0.370. The molecule has 2 aromatic carbocycles. The van der Waals surface area contributed by atoms with Crippen LogP contribution in [-0.4, -0.2) is 6.29 Å². The number of aryl methyl sites for hydroxylation is 1. The van der Waals surface area contributed by atoms with Gasteiger partial charge in [0.1, 0.15) is 23.1 Å².